The van der Waals surface area contributed by atoms with Gasteiger partial charge in [0.05, 0.1) is 12.0 Å². The molecule has 0 fully saturated rings. The molecule has 0 aliphatic heterocycles. The van der Waals surface area contributed by atoms with E-state index in [0.717, 1.165) is 29.0 Å². The minimum atomic E-state index is -1.02. The number of thioether (sulfide) groups is 1. The third kappa shape index (κ3) is 6.36. The van der Waals surface area contributed by atoms with Crippen molar-refractivity contribution in [3.8, 4) is 11.5 Å². The molecule has 0 aliphatic carbocycles. The van der Waals surface area contributed by atoms with Crippen LogP contribution in [0.1, 0.15) is 0 Å². The zero-order valence-corrected chi connectivity index (χ0v) is 14.3. The van der Waals surface area contributed by atoms with Gasteiger partial charge in [0, 0.05) is 14.7 Å². The molecule has 0 aromatic heterocycles. The SMILES string of the molecule is COc1ccc(OCOCC[Si](C)(C)C)c(SC)c1. The lowest BCUT2D eigenvalue weighted by Crippen LogP contribution is -2.22. The Balaban J connectivity index is 2.41. The van der Waals surface area contributed by atoms with E-state index in [-0.39, 0.29) is 0 Å². The van der Waals surface area contributed by atoms with Crippen molar-refractivity contribution in [2.75, 3.05) is 26.8 Å². The maximum Gasteiger partial charge on any atom is 0.189 e. The van der Waals surface area contributed by atoms with Gasteiger partial charge < -0.3 is 14.2 Å². The summed E-state index contributed by atoms with van der Waals surface area (Å²) in [7, 11) is 0.648. The molecule has 0 atom stereocenters. The topological polar surface area (TPSA) is 27.7 Å². The van der Waals surface area contributed by atoms with Crippen LogP contribution in [-0.4, -0.2) is 34.8 Å². The first-order chi connectivity index (χ1) is 8.96. The zero-order valence-electron chi connectivity index (χ0n) is 12.5. The standard InChI is InChI=1S/C14H24O3SSi/c1-15-12-6-7-13(14(10-12)18-2)17-11-16-8-9-19(3,4)5/h6-7,10H,8-9,11H2,1-5H3. The number of hydrogen-bond donors (Lipinski definition) is 0. The Bertz CT molecular complexity index is 391. The summed E-state index contributed by atoms with van der Waals surface area (Å²) in [5.41, 5.74) is 0. The van der Waals surface area contributed by atoms with E-state index in [1.807, 2.05) is 24.5 Å². The lowest BCUT2D eigenvalue weighted by atomic mass is 10.3. The first-order valence-corrected chi connectivity index (χ1v) is 11.3. The highest BCUT2D eigenvalue weighted by molar-refractivity contribution is 7.98. The molecule has 0 N–H and O–H groups in total. The van der Waals surface area contributed by atoms with Crippen molar-refractivity contribution in [1.82, 2.24) is 0 Å². The van der Waals surface area contributed by atoms with E-state index in [2.05, 4.69) is 19.6 Å². The Hall–Kier alpha value is -0.653. The van der Waals surface area contributed by atoms with Crippen LogP contribution in [0.4, 0.5) is 0 Å². The highest BCUT2D eigenvalue weighted by atomic mass is 32.2. The normalized spacial score (nSPS) is 11.4. The van der Waals surface area contributed by atoms with E-state index >= 15 is 0 Å². The third-order valence-corrected chi connectivity index (χ3v) is 5.13. The van der Waals surface area contributed by atoms with Crippen LogP contribution in [-0.2, 0) is 4.74 Å². The smallest absolute Gasteiger partial charge is 0.189 e. The van der Waals surface area contributed by atoms with Gasteiger partial charge in [-0.1, -0.05) is 19.6 Å². The van der Waals surface area contributed by atoms with Gasteiger partial charge in [0.2, 0.25) is 0 Å². The lowest BCUT2D eigenvalue weighted by Gasteiger charge is -2.16. The Morgan fingerprint density at radius 3 is 2.53 bits per heavy atom. The number of hydrogen-bond acceptors (Lipinski definition) is 4. The first-order valence-electron chi connectivity index (χ1n) is 6.39. The Kier molecular flexibility index (Phi) is 6.75. The highest BCUT2D eigenvalue weighted by Crippen LogP contribution is 2.31. The van der Waals surface area contributed by atoms with Crippen LogP contribution in [0.3, 0.4) is 0 Å². The number of benzene rings is 1. The van der Waals surface area contributed by atoms with E-state index < -0.39 is 8.07 Å². The maximum absolute atomic E-state index is 5.66. The summed E-state index contributed by atoms with van der Waals surface area (Å²) in [6.45, 7) is 8.11. The van der Waals surface area contributed by atoms with E-state index in [1.165, 1.54) is 0 Å². The van der Waals surface area contributed by atoms with Crippen molar-refractivity contribution >= 4 is 19.8 Å². The quantitative estimate of drug-likeness (QED) is 0.312. The van der Waals surface area contributed by atoms with Crippen molar-refractivity contribution in [2.24, 2.45) is 0 Å². The molecule has 1 aromatic carbocycles. The Morgan fingerprint density at radius 2 is 1.95 bits per heavy atom. The number of methoxy groups -OCH3 is 1. The van der Waals surface area contributed by atoms with Crippen LogP contribution in [0.2, 0.25) is 25.7 Å². The maximum atomic E-state index is 5.66. The summed E-state index contributed by atoms with van der Waals surface area (Å²) < 4.78 is 16.4. The van der Waals surface area contributed by atoms with Crippen molar-refractivity contribution in [3.63, 3.8) is 0 Å². The molecule has 19 heavy (non-hydrogen) atoms. The third-order valence-electron chi connectivity index (χ3n) is 2.66. The zero-order chi connectivity index (χ0) is 14.3. The van der Waals surface area contributed by atoms with E-state index in [0.29, 0.717) is 6.79 Å². The van der Waals surface area contributed by atoms with Crippen molar-refractivity contribution in [3.05, 3.63) is 18.2 Å². The molecule has 0 spiro atoms. The van der Waals surface area contributed by atoms with E-state index in [4.69, 9.17) is 14.2 Å². The molecule has 108 valence electrons. The second-order valence-electron chi connectivity index (χ2n) is 5.50. The second-order valence-corrected chi connectivity index (χ2v) is 12.0. The Labute approximate surface area is 121 Å². The minimum absolute atomic E-state index is 0.310. The van der Waals surface area contributed by atoms with Gasteiger partial charge in [0.15, 0.2) is 6.79 Å². The average molecular weight is 300 g/mol. The molecule has 1 rings (SSSR count). The fourth-order valence-electron chi connectivity index (χ4n) is 1.44. The van der Waals surface area contributed by atoms with Crippen LogP contribution in [0, 0.1) is 0 Å². The van der Waals surface area contributed by atoms with E-state index in [1.54, 1.807) is 18.9 Å². The van der Waals surface area contributed by atoms with Crippen molar-refractivity contribution in [2.45, 2.75) is 30.6 Å². The van der Waals surface area contributed by atoms with Crippen molar-refractivity contribution in [1.29, 1.82) is 0 Å². The van der Waals surface area contributed by atoms with E-state index in [9.17, 15) is 0 Å². The van der Waals surface area contributed by atoms with Gasteiger partial charge >= 0.3 is 0 Å². The van der Waals surface area contributed by atoms with Gasteiger partial charge in [-0.15, -0.1) is 11.8 Å². The molecular formula is C14H24O3SSi. The van der Waals surface area contributed by atoms with Gasteiger partial charge in [-0.2, -0.15) is 0 Å². The largest absolute Gasteiger partial charge is 0.497 e. The highest BCUT2D eigenvalue weighted by Gasteiger charge is 2.12. The molecule has 1 aromatic rings. The molecular weight excluding hydrogens is 276 g/mol. The van der Waals surface area contributed by atoms with Gasteiger partial charge in [-0.25, -0.2) is 0 Å². The number of ether oxygens (including phenoxy) is 3. The predicted molar refractivity (Wildman–Crippen MR) is 84.4 cm³/mol. The monoisotopic (exact) mass is 300 g/mol. The minimum Gasteiger partial charge on any atom is -0.497 e. The fraction of sp³-hybridized carbons (Fsp3) is 0.571. The number of rotatable bonds is 8. The van der Waals surface area contributed by atoms with Crippen LogP contribution < -0.4 is 9.47 Å². The first kappa shape index (κ1) is 16.4. The molecule has 0 amide bonds. The molecule has 0 unspecified atom stereocenters. The molecule has 0 aliphatic rings. The molecule has 0 saturated carbocycles. The molecule has 0 radical (unpaired) electrons. The molecule has 0 bridgehead atoms. The molecule has 0 saturated heterocycles. The summed E-state index contributed by atoms with van der Waals surface area (Å²) in [5, 5.41) is 0. The van der Waals surface area contributed by atoms with Crippen LogP contribution >= 0.6 is 11.8 Å². The molecule has 0 heterocycles. The predicted octanol–water partition coefficient (Wildman–Crippen LogP) is 4.11. The van der Waals surface area contributed by atoms with Gasteiger partial charge in [0.25, 0.3) is 0 Å². The average Bonchev–Trinajstić information content (AvgIpc) is 2.37. The molecule has 3 nitrogen and oxygen atoms in total. The Morgan fingerprint density at radius 1 is 1.21 bits per heavy atom. The lowest BCUT2D eigenvalue weighted by molar-refractivity contribution is 0.0204. The van der Waals surface area contributed by atoms with Gasteiger partial charge in [-0.3, -0.25) is 0 Å². The summed E-state index contributed by atoms with van der Waals surface area (Å²) in [6.07, 6.45) is 2.02. The van der Waals surface area contributed by atoms with Gasteiger partial charge in [0.1, 0.15) is 11.5 Å². The summed E-state index contributed by atoms with van der Waals surface area (Å²) in [5.74, 6) is 1.69. The fourth-order valence-corrected chi connectivity index (χ4v) is 2.76. The van der Waals surface area contributed by atoms with Crippen LogP contribution in [0.25, 0.3) is 0 Å². The summed E-state index contributed by atoms with van der Waals surface area (Å²) >= 11 is 1.64. The van der Waals surface area contributed by atoms with Crippen LogP contribution in [0.5, 0.6) is 11.5 Å². The van der Waals surface area contributed by atoms with Gasteiger partial charge in [-0.05, 0) is 30.5 Å². The summed E-state index contributed by atoms with van der Waals surface area (Å²) in [6, 6.07) is 6.96. The summed E-state index contributed by atoms with van der Waals surface area (Å²) in [4.78, 5) is 1.06. The second kappa shape index (κ2) is 7.82. The van der Waals surface area contributed by atoms with Crippen molar-refractivity contribution < 1.29 is 14.2 Å². The molecule has 5 heteroatoms. The van der Waals surface area contributed by atoms with Crippen LogP contribution in [0.15, 0.2) is 23.1 Å².